The minimum atomic E-state index is 0.0464. The van der Waals surface area contributed by atoms with Gasteiger partial charge in [-0.1, -0.05) is 6.92 Å². The highest BCUT2D eigenvalue weighted by molar-refractivity contribution is 5.94. The summed E-state index contributed by atoms with van der Waals surface area (Å²) in [4.78, 5) is 32.9. The van der Waals surface area contributed by atoms with Gasteiger partial charge in [0, 0.05) is 50.1 Å². The lowest BCUT2D eigenvalue weighted by atomic mass is 9.92. The van der Waals surface area contributed by atoms with E-state index < -0.39 is 0 Å². The minimum absolute atomic E-state index is 0.0464. The minimum Gasteiger partial charge on any atom is -0.342 e. The molecule has 2 fully saturated rings. The molecule has 3 rings (SSSR count). The summed E-state index contributed by atoms with van der Waals surface area (Å²) in [7, 11) is 0. The van der Waals surface area contributed by atoms with Crippen molar-refractivity contribution < 1.29 is 9.59 Å². The van der Waals surface area contributed by atoms with E-state index in [1.807, 2.05) is 9.80 Å². The molecule has 5 nitrogen and oxygen atoms in total. The first-order valence-corrected chi connectivity index (χ1v) is 8.63. The van der Waals surface area contributed by atoms with Gasteiger partial charge < -0.3 is 9.80 Å². The first-order chi connectivity index (χ1) is 11.1. The fraction of sp³-hybridized carbons (Fsp3) is 0.611. The number of nitrogens with zero attached hydrogens (tertiary/aromatic N) is 3. The highest BCUT2D eigenvalue weighted by atomic mass is 16.2. The van der Waals surface area contributed by atoms with Crippen molar-refractivity contribution in [2.45, 2.75) is 32.6 Å². The molecule has 0 bridgehead atoms. The zero-order valence-electron chi connectivity index (χ0n) is 13.8. The molecule has 2 amide bonds. The molecule has 124 valence electrons. The van der Waals surface area contributed by atoms with Crippen LogP contribution in [0.5, 0.6) is 0 Å². The Bertz CT molecular complexity index is 545. The molecule has 2 saturated heterocycles. The van der Waals surface area contributed by atoms with E-state index in [9.17, 15) is 9.59 Å². The number of rotatable bonds is 2. The molecule has 0 aromatic carbocycles. The van der Waals surface area contributed by atoms with Gasteiger partial charge in [-0.15, -0.1) is 0 Å². The Morgan fingerprint density at radius 2 is 1.52 bits per heavy atom. The molecule has 0 spiro atoms. The molecule has 2 aliphatic rings. The van der Waals surface area contributed by atoms with Gasteiger partial charge >= 0.3 is 0 Å². The Morgan fingerprint density at radius 1 is 0.957 bits per heavy atom. The van der Waals surface area contributed by atoms with Crippen LogP contribution in [0, 0.1) is 11.8 Å². The van der Waals surface area contributed by atoms with E-state index in [0.29, 0.717) is 24.6 Å². The van der Waals surface area contributed by atoms with E-state index in [1.165, 1.54) is 0 Å². The van der Waals surface area contributed by atoms with Gasteiger partial charge in [0.15, 0.2) is 0 Å². The number of piperidine rings is 2. The second kappa shape index (κ2) is 7.11. The maximum absolute atomic E-state index is 12.6. The number of carbonyl (C=O) groups is 2. The standard InChI is InChI=1S/C18H25N3O2/c1-14-4-10-20(11-5-14)18(23)16-6-12-21(13-7-16)17(22)15-2-8-19-9-3-15/h2-3,8-9,14,16H,4-7,10-13H2,1H3. The van der Waals surface area contributed by atoms with Gasteiger partial charge in [0.1, 0.15) is 0 Å². The molecule has 2 aliphatic heterocycles. The first-order valence-electron chi connectivity index (χ1n) is 8.63. The molecular weight excluding hydrogens is 290 g/mol. The van der Waals surface area contributed by atoms with Gasteiger partial charge in [-0.05, 0) is 43.7 Å². The van der Waals surface area contributed by atoms with E-state index in [0.717, 1.165) is 44.7 Å². The van der Waals surface area contributed by atoms with Crippen LogP contribution in [0.15, 0.2) is 24.5 Å². The largest absolute Gasteiger partial charge is 0.342 e. The van der Waals surface area contributed by atoms with Crippen LogP contribution in [-0.2, 0) is 4.79 Å². The number of carbonyl (C=O) groups excluding carboxylic acids is 2. The summed E-state index contributed by atoms with van der Waals surface area (Å²) in [5, 5.41) is 0. The number of hydrogen-bond donors (Lipinski definition) is 0. The van der Waals surface area contributed by atoms with Crippen molar-refractivity contribution in [1.29, 1.82) is 0 Å². The molecule has 0 radical (unpaired) electrons. The lowest BCUT2D eigenvalue weighted by Crippen LogP contribution is -2.46. The molecule has 0 atom stereocenters. The smallest absolute Gasteiger partial charge is 0.253 e. The van der Waals surface area contributed by atoms with Gasteiger partial charge in [0.25, 0.3) is 5.91 Å². The number of amides is 2. The van der Waals surface area contributed by atoms with E-state index in [2.05, 4.69) is 11.9 Å². The average Bonchev–Trinajstić information content (AvgIpc) is 2.62. The zero-order valence-corrected chi connectivity index (χ0v) is 13.8. The van der Waals surface area contributed by atoms with Crippen molar-refractivity contribution in [3.05, 3.63) is 30.1 Å². The molecule has 1 aromatic heterocycles. The van der Waals surface area contributed by atoms with Crippen LogP contribution < -0.4 is 0 Å². The van der Waals surface area contributed by atoms with E-state index in [1.54, 1.807) is 24.5 Å². The summed E-state index contributed by atoms with van der Waals surface area (Å²) in [5.74, 6) is 1.17. The fourth-order valence-corrected chi connectivity index (χ4v) is 3.49. The summed E-state index contributed by atoms with van der Waals surface area (Å²) in [6.45, 7) is 5.39. The third kappa shape index (κ3) is 3.71. The quantitative estimate of drug-likeness (QED) is 0.840. The lowest BCUT2D eigenvalue weighted by molar-refractivity contribution is -0.138. The molecule has 23 heavy (non-hydrogen) atoms. The van der Waals surface area contributed by atoms with Gasteiger partial charge in [-0.25, -0.2) is 0 Å². The molecule has 1 aromatic rings. The van der Waals surface area contributed by atoms with Crippen LogP contribution >= 0.6 is 0 Å². The molecule has 0 aliphatic carbocycles. The molecule has 0 unspecified atom stereocenters. The summed E-state index contributed by atoms with van der Waals surface area (Å²) in [5.41, 5.74) is 0.676. The highest BCUT2D eigenvalue weighted by Gasteiger charge is 2.31. The van der Waals surface area contributed by atoms with Crippen LogP contribution in [0.3, 0.4) is 0 Å². The summed E-state index contributed by atoms with van der Waals surface area (Å²) in [6, 6.07) is 3.49. The maximum atomic E-state index is 12.6. The second-order valence-corrected chi connectivity index (χ2v) is 6.81. The number of likely N-dealkylation sites (tertiary alicyclic amines) is 2. The molecule has 5 heteroatoms. The van der Waals surface area contributed by atoms with Crippen LogP contribution in [0.25, 0.3) is 0 Å². The predicted octanol–water partition coefficient (Wildman–Crippen LogP) is 2.19. The summed E-state index contributed by atoms with van der Waals surface area (Å²) >= 11 is 0. The predicted molar refractivity (Wildman–Crippen MR) is 87.8 cm³/mol. The normalized spacial score (nSPS) is 20.6. The Kier molecular flexibility index (Phi) is 4.94. The van der Waals surface area contributed by atoms with E-state index in [4.69, 9.17) is 0 Å². The van der Waals surface area contributed by atoms with Gasteiger partial charge in [0.2, 0.25) is 5.91 Å². The summed E-state index contributed by atoms with van der Waals surface area (Å²) < 4.78 is 0. The second-order valence-electron chi connectivity index (χ2n) is 6.81. The van der Waals surface area contributed by atoms with Crippen molar-refractivity contribution in [1.82, 2.24) is 14.8 Å². The van der Waals surface area contributed by atoms with Gasteiger partial charge in [-0.3, -0.25) is 14.6 Å². The maximum Gasteiger partial charge on any atom is 0.253 e. The fourth-order valence-electron chi connectivity index (χ4n) is 3.49. The number of aromatic nitrogens is 1. The van der Waals surface area contributed by atoms with Crippen molar-refractivity contribution >= 4 is 11.8 Å². The zero-order chi connectivity index (χ0) is 16.2. The Hall–Kier alpha value is -1.91. The Morgan fingerprint density at radius 3 is 2.13 bits per heavy atom. The number of pyridine rings is 1. The lowest BCUT2D eigenvalue weighted by Gasteiger charge is -2.36. The molecule has 0 saturated carbocycles. The van der Waals surface area contributed by atoms with Crippen molar-refractivity contribution in [3.63, 3.8) is 0 Å². The SMILES string of the molecule is CC1CCN(C(=O)C2CCN(C(=O)c3ccncc3)CC2)CC1. The van der Waals surface area contributed by atoms with Crippen LogP contribution in [0.1, 0.15) is 43.0 Å². The van der Waals surface area contributed by atoms with Crippen molar-refractivity contribution in [2.24, 2.45) is 11.8 Å². The topological polar surface area (TPSA) is 53.5 Å². The van der Waals surface area contributed by atoms with Crippen LogP contribution in [-0.4, -0.2) is 52.8 Å². The third-order valence-electron chi connectivity index (χ3n) is 5.15. The Labute approximate surface area is 137 Å². The average molecular weight is 315 g/mol. The van der Waals surface area contributed by atoms with E-state index in [-0.39, 0.29) is 11.8 Å². The first kappa shape index (κ1) is 16.0. The molecular formula is C18H25N3O2. The monoisotopic (exact) mass is 315 g/mol. The van der Waals surface area contributed by atoms with Crippen molar-refractivity contribution in [3.8, 4) is 0 Å². The molecule has 3 heterocycles. The van der Waals surface area contributed by atoms with Crippen LogP contribution in [0.2, 0.25) is 0 Å². The summed E-state index contributed by atoms with van der Waals surface area (Å²) in [6.07, 6.45) is 7.07. The number of hydrogen-bond acceptors (Lipinski definition) is 3. The Balaban J connectivity index is 1.52. The van der Waals surface area contributed by atoms with E-state index >= 15 is 0 Å². The van der Waals surface area contributed by atoms with Gasteiger partial charge in [0.05, 0.1) is 0 Å². The third-order valence-corrected chi connectivity index (χ3v) is 5.15. The van der Waals surface area contributed by atoms with Gasteiger partial charge in [-0.2, -0.15) is 0 Å². The van der Waals surface area contributed by atoms with Crippen LogP contribution in [0.4, 0.5) is 0 Å². The van der Waals surface area contributed by atoms with Crippen molar-refractivity contribution in [2.75, 3.05) is 26.2 Å². The highest BCUT2D eigenvalue weighted by Crippen LogP contribution is 2.24. The molecule has 0 N–H and O–H groups in total.